The molecule has 1 heterocycles. The summed E-state index contributed by atoms with van der Waals surface area (Å²) in [6, 6.07) is 12.4. The predicted octanol–water partition coefficient (Wildman–Crippen LogP) is 4.54. The van der Waals surface area contributed by atoms with Crippen molar-refractivity contribution in [1.29, 1.82) is 0 Å². The van der Waals surface area contributed by atoms with Crippen LogP contribution in [-0.4, -0.2) is 10.2 Å². The highest BCUT2D eigenvalue weighted by Gasteiger charge is 2.19. The number of hydrogen-bond acceptors (Lipinski definition) is 2. The molecule has 0 atom stereocenters. The highest BCUT2D eigenvalue weighted by Crippen LogP contribution is 2.38. The lowest BCUT2D eigenvalue weighted by molar-refractivity contribution is 0.631. The Morgan fingerprint density at radius 3 is 2.57 bits per heavy atom. The van der Waals surface area contributed by atoms with Crippen LogP contribution in [-0.2, 0) is 0 Å². The molecule has 3 rings (SSSR count). The molecule has 0 radical (unpaired) electrons. The van der Waals surface area contributed by atoms with E-state index in [9.17, 15) is 4.39 Å². The Morgan fingerprint density at radius 1 is 1.10 bits per heavy atom. The van der Waals surface area contributed by atoms with Crippen LogP contribution in [0.1, 0.15) is 5.56 Å². The first-order valence-corrected chi connectivity index (χ1v) is 7.23. The lowest BCUT2D eigenvalue weighted by atomic mass is 9.98. The Bertz CT molecular complexity index is 811. The normalized spacial score (nSPS) is 10.8. The molecule has 0 unspecified atom stereocenters. The van der Waals surface area contributed by atoms with Crippen LogP contribution in [0, 0.1) is 12.7 Å². The molecule has 0 saturated carbocycles. The number of anilines is 1. The van der Waals surface area contributed by atoms with Crippen LogP contribution in [0.3, 0.4) is 0 Å². The zero-order chi connectivity index (χ0) is 15.0. The Balaban J connectivity index is 2.28. The van der Waals surface area contributed by atoms with E-state index < -0.39 is 0 Å². The van der Waals surface area contributed by atoms with Gasteiger partial charge in [0.25, 0.3) is 0 Å². The molecule has 3 N–H and O–H groups in total. The number of nitrogen functional groups attached to an aromatic ring is 1. The number of aromatic nitrogens is 2. The summed E-state index contributed by atoms with van der Waals surface area (Å²) in [4.78, 5) is 0. The van der Waals surface area contributed by atoms with Crippen LogP contribution in [0.25, 0.3) is 22.4 Å². The lowest BCUT2D eigenvalue weighted by Crippen LogP contribution is -1.92. The van der Waals surface area contributed by atoms with Crippen molar-refractivity contribution in [1.82, 2.24) is 10.2 Å². The fourth-order valence-corrected chi connectivity index (χ4v) is 2.73. The number of rotatable bonds is 2. The van der Waals surface area contributed by atoms with Crippen LogP contribution < -0.4 is 5.73 Å². The minimum Gasteiger partial charge on any atom is -0.382 e. The topological polar surface area (TPSA) is 54.7 Å². The van der Waals surface area contributed by atoms with Gasteiger partial charge in [0.15, 0.2) is 5.82 Å². The Kier molecular flexibility index (Phi) is 3.51. The second-order valence-corrected chi connectivity index (χ2v) is 5.61. The Hall–Kier alpha value is -2.14. The molecule has 0 bridgehead atoms. The number of H-pyrrole nitrogens is 1. The van der Waals surface area contributed by atoms with Crippen LogP contribution in [0.5, 0.6) is 0 Å². The van der Waals surface area contributed by atoms with Gasteiger partial charge in [-0.3, -0.25) is 5.10 Å². The zero-order valence-corrected chi connectivity index (χ0v) is 12.9. The average Bonchev–Trinajstić information content (AvgIpc) is 2.84. The van der Waals surface area contributed by atoms with Crippen molar-refractivity contribution in [2.75, 3.05) is 5.73 Å². The van der Waals surface area contributed by atoms with E-state index in [0.29, 0.717) is 11.1 Å². The molecule has 21 heavy (non-hydrogen) atoms. The minimum absolute atomic E-state index is 0.287. The molecule has 106 valence electrons. The van der Waals surface area contributed by atoms with Crippen LogP contribution in [0.2, 0.25) is 0 Å². The molecule has 0 aliphatic heterocycles. The number of halogens is 2. The quantitative estimate of drug-likeness (QED) is 0.716. The monoisotopic (exact) mass is 345 g/mol. The number of nitrogens with zero attached hydrogens (tertiary/aromatic N) is 1. The van der Waals surface area contributed by atoms with Crippen molar-refractivity contribution in [3.8, 4) is 22.4 Å². The summed E-state index contributed by atoms with van der Waals surface area (Å²) in [6.07, 6.45) is 0. The van der Waals surface area contributed by atoms with E-state index in [1.54, 1.807) is 18.2 Å². The van der Waals surface area contributed by atoms with E-state index >= 15 is 0 Å². The van der Waals surface area contributed by atoms with Gasteiger partial charge in [0, 0.05) is 15.6 Å². The maximum atomic E-state index is 14.1. The fraction of sp³-hybridized carbons (Fsp3) is 0.0625. The zero-order valence-electron chi connectivity index (χ0n) is 11.3. The van der Waals surface area contributed by atoms with Crippen molar-refractivity contribution >= 4 is 21.7 Å². The molecule has 0 amide bonds. The maximum Gasteiger partial charge on any atom is 0.153 e. The molecule has 0 spiro atoms. The summed E-state index contributed by atoms with van der Waals surface area (Å²) >= 11 is 3.51. The molecule has 2 aromatic carbocycles. The van der Waals surface area contributed by atoms with Crippen molar-refractivity contribution in [2.45, 2.75) is 6.92 Å². The number of aromatic amines is 1. The van der Waals surface area contributed by atoms with E-state index in [1.165, 1.54) is 6.07 Å². The number of nitrogens with two attached hydrogens (primary N) is 1. The molecular formula is C16H13BrFN3. The van der Waals surface area contributed by atoms with Gasteiger partial charge in [-0.1, -0.05) is 46.3 Å². The first kappa shape index (κ1) is 13.8. The summed E-state index contributed by atoms with van der Waals surface area (Å²) in [6.45, 7) is 1.99. The summed E-state index contributed by atoms with van der Waals surface area (Å²) in [7, 11) is 0. The lowest BCUT2D eigenvalue weighted by Gasteiger charge is -2.09. The molecule has 5 heteroatoms. The van der Waals surface area contributed by atoms with Gasteiger partial charge in [-0.05, 0) is 24.6 Å². The first-order chi connectivity index (χ1) is 10.1. The van der Waals surface area contributed by atoms with Crippen molar-refractivity contribution in [2.24, 2.45) is 0 Å². The Morgan fingerprint density at radius 2 is 1.81 bits per heavy atom. The van der Waals surface area contributed by atoms with Crippen LogP contribution >= 0.6 is 15.9 Å². The first-order valence-electron chi connectivity index (χ1n) is 6.44. The second kappa shape index (κ2) is 5.33. The molecule has 0 aliphatic carbocycles. The van der Waals surface area contributed by atoms with Gasteiger partial charge in [0.05, 0.1) is 11.3 Å². The van der Waals surface area contributed by atoms with Gasteiger partial charge in [-0.25, -0.2) is 4.39 Å². The molecule has 0 saturated heterocycles. The van der Waals surface area contributed by atoms with Crippen molar-refractivity contribution < 1.29 is 4.39 Å². The molecule has 1 aromatic heterocycles. The summed E-state index contributed by atoms with van der Waals surface area (Å²) in [5.41, 5.74) is 9.68. The van der Waals surface area contributed by atoms with Gasteiger partial charge in [0.2, 0.25) is 0 Å². The van der Waals surface area contributed by atoms with Crippen molar-refractivity contribution in [3.05, 3.63) is 58.3 Å². The molecule has 3 nitrogen and oxygen atoms in total. The largest absolute Gasteiger partial charge is 0.382 e. The van der Waals surface area contributed by atoms with Gasteiger partial charge in [0.1, 0.15) is 5.82 Å². The average molecular weight is 346 g/mol. The number of benzene rings is 2. The van der Waals surface area contributed by atoms with E-state index in [4.69, 9.17) is 5.73 Å². The molecular weight excluding hydrogens is 333 g/mol. The minimum atomic E-state index is -0.320. The molecule has 3 aromatic rings. The van der Waals surface area contributed by atoms with Gasteiger partial charge < -0.3 is 5.73 Å². The highest BCUT2D eigenvalue weighted by molar-refractivity contribution is 9.10. The van der Waals surface area contributed by atoms with E-state index in [0.717, 1.165) is 21.3 Å². The smallest absolute Gasteiger partial charge is 0.153 e. The second-order valence-electron chi connectivity index (χ2n) is 4.75. The summed E-state index contributed by atoms with van der Waals surface area (Å²) < 4.78 is 15.1. The number of nitrogens with one attached hydrogen (secondary N) is 1. The van der Waals surface area contributed by atoms with Gasteiger partial charge in [-0.2, -0.15) is 5.10 Å². The maximum absolute atomic E-state index is 14.1. The van der Waals surface area contributed by atoms with E-state index in [-0.39, 0.29) is 11.6 Å². The summed E-state index contributed by atoms with van der Waals surface area (Å²) in [5.74, 6) is -0.0334. The van der Waals surface area contributed by atoms with Crippen LogP contribution in [0.4, 0.5) is 10.2 Å². The highest BCUT2D eigenvalue weighted by atomic mass is 79.9. The molecule has 0 aliphatic rings. The SMILES string of the molecule is Cc1c(Br)cccc1-c1[nH]nc(N)c1-c1ccccc1F. The third-order valence-electron chi connectivity index (χ3n) is 3.47. The third kappa shape index (κ3) is 2.34. The van der Waals surface area contributed by atoms with Crippen LogP contribution in [0.15, 0.2) is 46.9 Å². The third-order valence-corrected chi connectivity index (χ3v) is 4.33. The Labute approximate surface area is 130 Å². The van der Waals surface area contributed by atoms with E-state index in [1.807, 2.05) is 25.1 Å². The predicted molar refractivity (Wildman–Crippen MR) is 86.3 cm³/mol. The van der Waals surface area contributed by atoms with E-state index in [2.05, 4.69) is 26.1 Å². The number of hydrogen-bond donors (Lipinski definition) is 2. The van der Waals surface area contributed by atoms with Crippen molar-refractivity contribution in [3.63, 3.8) is 0 Å². The molecule has 0 fully saturated rings. The van der Waals surface area contributed by atoms with Gasteiger partial charge in [-0.15, -0.1) is 0 Å². The standard InChI is InChI=1S/C16H13BrFN3/c1-9-10(6-4-7-12(9)17)15-14(16(19)21-20-15)11-5-2-3-8-13(11)18/h2-8H,1H3,(H3,19,20,21). The van der Waals surface area contributed by atoms with Gasteiger partial charge >= 0.3 is 0 Å². The fourth-order valence-electron chi connectivity index (χ4n) is 2.37. The summed E-state index contributed by atoms with van der Waals surface area (Å²) in [5, 5.41) is 6.97.